The number of carbonyl (C=O) groups excluding carboxylic acids is 3. The Kier molecular flexibility index (Phi) is 7.96. The van der Waals surface area contributed by atoms with Crippen LogP contribution in [0.4, 0.5) is 4.79 Å². The molecule has 0 radical (unpaired) electrons. The lowest BCUT2D eigenvalue weighted by Crippen LogP contribution is -2.27. The topological polar surface area (TPSA) is 96.7 Å². The summed E-state index contributed by atoms with van der Waals surface area (Å²) >= 11 is 10.4. The van der Waals surface area contributed by atoms with Crippen molar-refractivity contribution < 1.29 is 23.9 Å². The molecule has 0 aromatic heterocycles. The lowest BCUT2D eigenvalue weighted by atomic mass is 10.1. The van der Waals surface area contributed by atoms with Crippen molar-refractivity contribution in [2.45, 2.75) is 13.5 Å². The van der Waals surface area contributed by atoms with Gasteiger partial charge >= 0.3 is 5.97 Å². The fraction of sp³-hybridized carbons (Fsp3) is 0.182. The largest absolute Gasteiger partial charge is 0.479 e. The smallest absolute Gasteiger partial charge is 0.344 e. The van der Waals surface area contributed by atoms with Gasteiger partial charge in [-0.3, -0.25) is 14.5 Å². The van der Waals surface area contributed by atoms with Gasteiger partial charge in [-0.1, -0.05) is 29.8 Å². The highest BCUT2D eigenvalue weighted by molar-refractivity contribution is 9.10. The predicted molar refractivity (Wildman–Crippen MR) is 124 cm³/mol. The van der Waals surface area contributed by atoms with Crippen molar-refractivity contribution in [1.29, 1.82) is 5.26 Å². The van der Waals surface area contributed by atoms with E-state index in [1.807, 2.05) is 0 Å². The quantitative estimate of drug-likeness (QED) is 0.357. The van der Waals surface area contributed by atoms with Crippen molar-refractivity contribution in [3.63, 3.8) is 0 Å². The first kappa shape index (κ1) is 23.9. The molecule has 3 rings (SSSR count). The maximum absolute atomic E-state index is 12.8. The summed E-state index contributed by atoms with van der Waals surface area (Å²) in [7, 11) is 0. The maximum atomic E-state index is 12.8. The van der Waals surface area contributed by atoms with Gasteiger partial charge in [0.2, 0.25) is 0 Å². The molecule has 1 aliphatic rings. The summed E-state index contributed by atoms with van der Waals surface area (Å²) in [5.74, 6) is -0.716. The van der Waals surface area contributed by atoms with Gasteiger partial charge in [-0.05, 0) is 70.0 Å². The van der Waals surface area contributed by atoms with Crippen molar-refractivity contribution in [1.82, 2.24) is 4.90 Å². The van der Waals surface area contributed by atoms with E-state index < -0.39 is 17.1 Å². The molecule has 1 fully saturated rings. The highest BCUT2D eigenvalue weighted by Gasteiger charge is 2.35. The van der Waals surface area contributed by atoms with Gasteiger partial charge in [0, 0.05) is 0 Å². The Morgan fingerprint density at radius 1 is 1.31 bits per heavy atom. The summed E-state index contributed by atoms with van der Waals surface area (Å²) in [6, 6.07) is 12.1. The molecule has 2 aromatic rings. The number of amides is 2. The molecule has 32 heavy (non-hydrogen) atoms. The van der Waals surface area contributed by atoms with E-state index in [-0.39, 0.29) is 35.4 Å². The zero-order valence-corrected chi connectivity index (χ0v) is 19.9. The number of carbonyl (C=O) groups is 3. The molecule has 0 spiro atoms. The minimum atomic E-state index is -0.522. The Morgan fingerprint density at radius 3 is 2.75 bits per heavy atom. The molecule has 10 heteroatoms. The number of benzene rings is 2. The maximum Gasteiger partial charge on any atom is 0.344 e. The number of nitrogens with zero attached hydrogens (tertiary/aromatic N) is 2. The van der Waals surface area contributed by atoms with E-state index in [9.17, 15) is 19.6 Å². The number of esters is 1. The molecule has 2 amide bonds. The van der Waals surface area contributed by atoms with Crippen molar-refractivity contribution in [2.75, 3.05) is 13.2 Å². The second-order valence-electron chi connectivity index (χ2n) is 6.44. The second-order valence-corrected chi connectivity index (χ2v) is 8.70. The van der Waals surface area contributed by atoms with Gasteiger partial charge in [-0.15, -0.1) is 0 Å². The summed E-state index contributed by atoms with van der Waals surface area (Å²) < 4.78 is 10.7. The molecule has 0 bridgehead atoms. The van der Waals surface area contributed by atoms with E-state index in [1.54, 1.807) is 49.4 Å². The summed E-state index contributed by atoms with van der Waals surface area (Å²) in [6.07, 6.45) is 1.55. The van der Waals surface area contributed by atoms with Gasteiger partial charge in [0.15, 0.2) is 12.4 Å². The zero-order valence-electron chi connectivity index (χ0n) is 16.8. The first-order valence-electron chi connectivity index (χ1n) is 9.34. The monoisotopic (exact) mass is 534 g/mol. The van der Waals surface area contributed by atoms with Crippen LogP contribution in [-0.4, -0.2) is 35.2 Å². The number of rotatable bonds is 7. The third-order valence-corrected chi connectivity index (χ3v) is 6.08. The fourth-order valence-electron chi connectivity index (χ4n) is 2.86. The van der Waals surface area contributed by atoms with Gasteiger partial charge in [0.1, 0.15) is 0 Å². The van der Waals surface area contributed by atoms with E-state index in [0.717, 1.165) is 16.7 Å². The van der Waals surface area contributed by atoms with Gasteiger partial charge in [0.25, 0.3) is 11.1 Å². The van der Waals surface area contributed by atoms with Crippen molar-refractivity contribution in [3.05, 3.63) is 67.5 Å². The Morgan fingerprint density at radius 2 is 2.06 bits per heavy atom. The molecule has 0 N–H and O–H groups in total. The van der Waals surface area contributed by atoms with Crippen LogP contribution in [-0.2, 0) is 20.9 Å². The van der Waals surface area contributed by atoms with Crippen molar-refractivity contribution in [3.8, 4) is 11.8 Å². The predicted octanol–water partition coefficient (Wildman–Crippen LogP) is 5.15. The molecule has 1 heterocycles. The third-order valence-electron chi connectivity index (χ3n) is 4.30. The van der Waals surface area contributed by atoms with E-state index in [4.69, 9.17) is 21.1 Å². The number of nitriles is 1. The lowest BCUT2D eigenvalue weighted by molar-refractivity contribution is -0.145. The molecular formula is C22H16BrClN2O5S. The Balaban J connectivity index is 1.78. The van der Waals surface area contributed by atoms with Crippen LogP contribution in [0.3, 0.4) is 0 Å². The van der Waals surface area contributed by atoms with E-state index in [2.05, 4.69) is 22.0 Å². The van der Waals surface area contributed by atoms with E-state index in [0.29, 0.717) is 21.2 Å². The molecule has 7 nitrogen and oxygen atoms in total. The van der Waals surface area contributed by atoms with E-state index in [1.165, 1.54) is 0 Å². The van der Waals surface area contributed by atoms with E-state index >= 15 is 0 Å². The SMILES string of the molecule is CCOC(=O)COc1c(Cl)cc(/C=C2/SC(=O)N(Cc3ccccc3C#N)C2=O)cc1Br. The molecule has 2 aromatic carbocycles. The normalized spacial score (nSPS) is 14.6. The standard InChI is InChI=1S/C22H16BrClN2O5S/c1-2-30-19(27)12-31-20-16(23)7-13(8-17(20)24)9-18-21(28)26(22(29)32-18)11-15-6-4-3-5-14(15)10-25/h3-9H,2,11-12H2,1H3/b18-9+. The summed E-state index contributed by atoms with van der Waals surface area (Å²) in [5.41, 5.74) is 1.56. The Bertz CT molecular complexity index is 1140. The molecule has 0 atom stereocenters. The third kappa shape index (κ3) is 5.51. The van der Waals surface area contributed by atoms with Gasteiger partial charge in [0.05, 0.1) is 39.2 Å². The molecule has 164 valence electrons. The second kappa shape index (κ2) is 10.7. The number of ether oxygens (including phenoxy) is 2. The Hall–Kier alpha value is -2.80. The summed E-state index contributed by atoms with van der Waals surface area (Å²) in [5, 5.41) is 9.03. The molecule has 0 unspecified atom stereocenters. The number of imide groups is 1. The minimum absolute atomic E-state index is 0.0107. The molecule has 0 saturated carbocycles. The van der Waals surface area contributed by atoms with Gasteiger partial charge in [-0.25, -0.2) is 4.79 Å². The lowest BCUT2D eigenvalue weighted by Gasteiger charge is -2.13. The minimum Gasteiger partial charge on any atom is -0.479 e. The van der Waals surface area contributed by atoms with Crippen molar-refractivity contribution >= 4 is 62.5 Å². The van der Waals surface area contributed by atoms with Crippen LogP contribution in [0, 0.1) is 11.3 Å². The highest BCUT2D eigenvalue weighted by Crippen LogP contribution is 2.38. The van der Waals surface area contributed by atoms with Crippen LogP contribution in [0.2, 0.25) is 5.02 Å². The molecule has 1 saturated heterocycles. The van der Waals surface area contributed by atoms with Crippen LogP contribution >= 0.6 is 39.3 Å². The molecular weight excluding hydrogens is 520 g/mol. The average Bonchev–Trinajstić information content (AvgIpc) is 3.01. The summed E-state index contributed by atoms with van der Waals surface area (Å²) in [6.45, 7) is 1.65. The van der Waals surface area contributed by atoms with Crippen LogP contribution in [0.5, 0.6) is 5.75 Å². The van der Waals surface area contributed by atoms with Crippen molar-refractivity contribution in [2.24, 2.45) is 0 Å². The number of halogens is 2. The number of hydrogen-bond donors (Lipinski definition) is 0. The van der Waals surface area contributed by atoms with Crippen LogP contribution < -0.4 is 4.74 Å². The van der Waals surface area contributed by atoms with Gasteiger partial charge in [-0.2, -0.15) is 5.26 Å². The number of hydrogen-bond acceptors (Lipinski definition) is 7. The summed E-state index contributed by atoms with van der Waals surface area (Å²) in [4.78, 5) is 38.1. The fourth-order valence-corrected chi connectivity index (χ4v) is 4.69. The number of thioether (sulfide) groups is 1. The first-order valence-corrected chi connectivity index (χ1v) is 11.3. The van der Waals surface area contributed by atoms with Crippen LogP contribution in [0.1, 0.15) is 23.6 Å². The first-order chi connectivity index (χ1) is 15.3. The molecule has 0 aliphatic carbocycles. The van der Waals surface area contributed by atoms with Gasteiger partial charge < -0.3 is 9.47 Å². The zero-order chi connectivity index (χ0) is 23.3. The van der Waals surface area contributed by atoms with Crippen LogP contribution in [0.25, 0.3) is 6.08 Å². The Labute approximate surface area is 202 Å². The van der Waals surface area contributed by atoms with Crippen LogP contribution in [0.15, 0.2) is 45.8 Å². The molecule has 1 aliphatic heterocycles. The average molecular weight is 536 g/mol. The highest BCUT2D eigenvalue weighted by atomic mass is 79.9.